The van der Waals surface area contributed by atoms with Gasteiger partial charge in [0.15, 0.2) is 11.5 Å². The number of nitrogens with one attached hydrogen (secondary N) is 2. The number of benzene rings is 2. The number of rotatable bonds is 9. The molecular formula is C23H23N3O5. The van der Waals surface area contributed by atoms with E-state index in [1.165, 1.54) is 18.5 Å². The molecule has 31 heavy (non-hydrogen) atoms. The monoisotopic (exact) mass is 421 g/mol. The maximum atomic E-state index is 12.1. The van der Waals surface area contributed by atoms with Crippen molar-refractivity contribution < 1.29 is 23.5 Å². The van der Waals surface area contributed by atoms with Crippen LogP contribution in [-0.2, 0) is 4.79 Å². The zero-order valence-corrected chi connectivity index (χ0v) is 17.3. The van der Waals surface area contributed by atoms with Crippen molar-refractivity contribution in [3.8, 4) is 11.5 Å². The number of aryl methyl sites for hydroxylation is 1. The summed E-state index contributed by atoms with van der Waals surface area (Å²) in [4.78, 5) is 24.0. The first-order valence-electron chi connectivity index (χ1n) is 9.70. The number of esters is 1. The predicted octanol–water partition coefficient (Wildman–Crippen LogP) is 3.77. The second-order valence-electron chi connectivity index (χ2n) is 6.52. The number of carbonyl (C=O) groups is 2. The van der Waals surface area contributed by atoms with Crippen LogP contribution in [0, 0.1) is 6.92 Å². The Bertz CT molecular complexity index is 1040. The molecule has 8 nitrogen and oxygen atoms in total. The molecule has 8 heteroatoms. The van der Waals surface area contributed by atoms with Gasteiger partial charge in [0.05, 0.1) is 25.6 Å². The lowest BCUT2D eigenvalue weighted by atomic mass is 10.2. The molecule has 1 heterocycles. The minimum Gasteiger partial charge on any atom is -0.490 e. The Morgan fingerprint density at radius 2 is 1.90 bits per heavy atom. The van der Waals surface area contributed by atoms with Crippen LogP contribution in [0.2, 0.25) is 0 Å². The summed E-state index contributed by atoms with van der Waals surface area (Å²) in [5.74, 6) is -0.188. The zero-order valence-electron chi connectivity index (χ0n) is 17.3. The highest BCUT2D eigenvalue weighted by Crippen LogP contribution is 2.29. The smallest absolute Gasteiger partial charge is 0.379 e. The number of hydrogen-bond donors (Lipinski definition) is 2. The third-order valence-electron chi connectivity index (χ3n) is 4.10. The predicted molar refractivity (Wildman–Crippen MR) is 117 cm³/mol. The molecule has 2 aromatic carbocycles. The number of hydrogen-bond acceptors (Lipinski definition) is 7. The van der Waals surface area contributed by atoms with Gasteiger partial charge in [-0.15, -0.1) is 0 Å². The Morgan fingerprint density at radius 3 is 2.61 bits per heavy atom. The molecule has 0 radical (unpaired) electrons. The van der Waals surface area contributed by atoms with Gasteiger partial charge >= 0.3 is 5.97 Å². The van der Waals surface area contributed by atoms with Gasteiger partial charge in [-0.05, 0) is 61.9 Å². The van der Waals surface area contributed by atoms with Crippen LogP contribution in [0.15, 0.2) is 70.4 Å². The molecule has 2 N–H and O–H groups in total. The van der Waals surface area contributed by atoms with Crippen molar-refractivity contribution in [3.63, 3.8) is 0 Å². The van der Waals surface area contributed by atoms with E-state index in [1.54, 1.807) is 24.3 Å². The van der Waals surface area contributed by atoms with Gasteiger partial charge in [-0.3, -0.25) is 4.79 Å². The average Bonchev–Trinajstić information content (AvgIpc) is 3.30. The van der Waals surface area contributed by atoms with Gasteiger partial charge in [0.2, 0.25) is 5.76 Å². The summed E-state index contributed by atoms with van der Waals surface area (Å²) in [7, 11) is 0. The van der Waals surface area contributed by atoms with Crippen molar-refractivity contribution in [2.24, 2.45) is 5.10 Å². The second-order valence-corrected chi connectivity index (χ2v) is 6.52. The summed E-state index contributed by atoms with van der Waals surface area (Å²) in [5, 5.41) is 6.98. The molecule has 0 atom stereocenters. The van der Waals surface area contributed by atoms with Crippen LogP contribution in [0.5, 0.6) is 11.5 Å². The third-order valence-corrected chi connectivity index (χ3v) is 4.10. The number of nitrogens with zero attached hydrogens (tertiary/aromatic N) is 1. The Hall–Kier alpha value is -4.07. The van der Waals surface area contributed by atoms with Crippen LogP contribution < -0.4 is 20.2 Å². The SMILES string of the molecule is CCOc1cc(/C=N\NC(=O)CNc2ccc(C)cc2)ccc1OC(=O)c1ccco1. The molecule has 0 aliphatic carbocycles. The van der Waals surface area contributed by atoms with E-state index in [-0.39, 0.29) is 24.0 Å². The van der Waals surface area contributed by atoms with Gasteiger partial charge in [0, 0.05) is 5.69 Å². The molecule has 0 unspecified atom stereocenters. The number of furan rings is 1. The van der Waals surface area contributed by atoms with Gasteiger partial charge < -0.3 is 19.2 Å². The highest BCUT2D eigenvalue weighted by atomic mass is 16.6. The van der Waals surface area contributed by atoms with E-state index < -0.39 is 5.97 Å². The van der Waals surface area contributed by atoms with E-state index in [0.29, 0.717) is 17.9 Å². The molecule has 3 rings (SSSR count). The van der Waals surface area contributed by atoms with Crippen LogP contribution in [0.1, 0.15) is 28.6 Å². The fourth-order valence-corrected chi connectivity index (χ4v) is 2.57. The third kappa shape index (κ3) is 6.46. The summed E-state index contributed by atoms with van der Waals surface area (Å²) in [6.07, 6.45) is 2.87. The molecule has 0 aliphatic rings. The highest BCUT2D eigenvalue weighted by Gasteiger charge is 2.15. The van der Waals surface area contributed by atoms with Gasteiger partial charge in [-0.2, -0.15) is 5.10 Å². The van der Waals surface area contributed by atoms with Crippen LogP contribution in [0.3, 0.4) is 0 Å². The number of hydrazone groups is 1. The van der Waals surface area contributed by atoms with E-state index in [0.717, 1.165) is 11.3 Å². The van der Waals surface area contributed by atoms with Crippen molar-refractivity contribution in [2.75, 3.05) is 18.5 Å². The normalized spacial score (nSPS) is 10.6. The Labute approximate surface area is 179 Å². The Kier molecular flexibility index (Phi) is 7.42. The molecule has 0 fully saturated rings. The number of amides is 1. The largest absolute Gasteiger partial charge is 0.490 e. The lowest BCUT2D eigenvalue weighted by Gasteiger charge is -2.10. The Morgan fingerprint density at radius 1 is 1.10 bits per heavy atom. The molecule has 1 aromatic heterocycles. The minimum atomic E-state index is -0.624. The van der Waals surface area contributed by atoms with Crippen LogP contribution >= 0.6 is 0 Å². The summed E-state index contributed by atoms with van der Waals surface area (Å²) < 4.78 is 15.9. The van der Waals surface area contributed by atoms with Crippen LogP contribution in [0.25, 0.3) is 0 Å². The van der Waals surface area contributed by atoms with Crippen LogP contribution in [0.4, 0.5) is 5.69 Å². The summed E-state index contributed by atoms with van der Waals surface area (Å²) in [6, 6.07) is 15.8. The number of carbonyl (C=O) groups excluding carboxylic acids is 2. The lowest BCUT2D eigenvalue weighted by Crippen LogP contribution is -2.25. The topological polar surface area (TPSA) is 102 Å². The van der Waals surface area contributed by atoms with E-state index in [9.17, 15) is 9.59 Å². The van der Waals surface area contributed by atoms with E-state index in [2.05, 4.69) is 15.8 Å². The molecule has 1 amide bonds. The summed E-state index contributed by atoms with van der Waals surface area (Å²) in [5.41, 5.74) is 5.12. The quantitative estimate of drug-likeness (QED) is 0.236. The fourth-order valence-electron chi connectivity index (χ4n) is 2.57. The maximum Gasteiger partial charge on any atom is 0.379 e. The Balaban J connectivity index is 1.56. The van der Waals surface area contributed by atoms with Crippen molar-refractivity contribution >= 4 is 23.8 Å². The second kappa shape index (κ2) is 10.6. The molecule has 0 saturated heterocycles. The van der Waals surface area contributed by atoms with E-state index in [1.807, 2.05) is 38.1 Å². The molecule has 3 aromatic rings. The fraction of sp³-hybridized carbons (Fsp3) is 0.174. The molecule has 0 bridgehead atoms. The minimum absolute atomic E-state index is 0.0895. The van der Waals surface area contributed by atoms with Gasteiger partial charge in [-0.25, -0.2) is 10.2 Å². The van der Waals surface area contributed by atoms with E-state index in [4.69, 9.17) is 13.9 Å². The van der Waals surface area contributed by atoms with Crippen molar-refractivity contribution in [2.45, 2.75) is 13.8 Å². The zero-order chi connectivity index (χ0) is 22.1. The van der Waals surface area contributed by atoms with Gasteiger partial charge in [-0.1, -0.05) is 17.7 Å². The van der Waals surface area contributed by atoms with Crippen molar-refractivity contribution in [1.82, 2.24) is 5.43 Å². The van der Waals surface area contributed by atoms with Gasteiger partial charge in [0.25, 0.3) is 5.91 Å². The maximum absolute atomic E-state index is 12.1. The van der Waals surface area contributed by atoms with E-state index >= 15 is 0 Å². The molecule has 160 valence electrons. The molecule has 0 saturated carbocycles. The summed E-state index contributed by atoms with van der Waals surface area (Å²) in [6.45, 7) is 4.29. The summed E-state index contributed by atoms with van der Waals surface area (Å²) >= 11 is 0. The van der Waals surface area contributed by atoms with Gasteiger partial charge in [0.1, 0.15) is 0 Å². The van der Waals surface area contributed by atoms with Crippen LogP contribution in [-0.4, -0.2) is 31.2 Å². The average molecular weight is 421 g/mol. The first-order valence-corrected chi connectivity index (χ1v) is 9.70. The number of anilines is 1. The first kappa shape index (κ1) is 21.6. The molecule has 0 aliphatic heterocycles. The first-order chi connectivity index (χ1) is 15.0. The molecule has 0 spiro atoms. The molecular weight excluding hydrogens is 398 g/mol. The van der Waals surface area contributed by atoms with Crippen molar-refractivity contribution in [3.05, 3.63) is 77.7 Å². The standard InChI is InChI=1S/C23H23N3O5/c1-3-29-21-13-17(8-11-19(21)31-23(28)20-5-4-12-30-20)14-25-26-22(27)15-24-18-9-6-16(2)7-10-18/h4-14,24H,3,15H2,1-2H3,(H,26,27)/b25-14-. The number of ether oxygens (including phenoxy) is 2. The highest BCUT2D eigenvalue weighted by molar-refractivity contribution is 5.89. The lowest BCUT2D eigenvalue weighted by molar-refractivity contribution is -0.119. The van der Waals surface area contributed by atoms with Crippen molar-refractivity contribution in [1.29, 1.82) is 0 Å².